The van der Waals surface area contributed by atoms with Gasteiger partial charge < -0.3 is 15.5 Å². The Morgan fingerprint density at radius 1 is 1.00 bits per heavy atom. The van der Waals surface area contributed by atoms with Crippen LogP contribution in [0.5, 0.6) is 11.5 Å². The van der Waals surface area contributed by atoms with Crippen LogP contribution >= 0.6 is 0 Å². The lowest BCUT2D eigenvalue weighted by atomic mass is 9.78. The maximum Gasteiger partial charge on any atom is 0.267 e. The molecular weight excluding hydrogens is 378 g/mol. The molecule has 1 aliphatic rings. The standard InChI is InChI=1S/C21H21NO5S/c23-19-10-15-8-9-22-21(13-28(25,26)27,18(15)11-20(19)24)12-16-6-3-5-14-4-1-2-7-17(14)16/h1-7,10-11,22-24H,8-9,12-13H2,(H,25,26,27). The molecule has 0 aromatic heterocycles. The van der Waals surface area contributed by atoms with Crippen molar-refractivity contribution in [1.29, 1.82) is 0 Å². The first kappa shape index (κ1) is 18.7. The zero-order chi connectivity index (χ0) is 19.9. The van der Waals surface area contributed by atoms with Crippen molar-refractivity contribution < 1.29 is 23.2 Å². The van der Waals surface area contributed by atoms with Crippen molar-refractivity contribution >= 4 is 20.9 Å². The summed E-state index contributed by atoms with van der Waals surface area (Å²) < 4.78 is 33.5. The van der Waals surface area contributed by atoms with Gasteiger partial charge >= 0.3 is 0 Å². The Morgan fingerprint density at radius 2 is 1.71 bits per heavy atom. The van der Waals surface area contributed by atoms with Gasteiger partial charge in [-0.2, -0.15) is 8.42 Å². The van der Waals surface area contributed by atoms with Crippen LogP contribution in [-0.2, 0) is 28.5 Å². The Kier molecular flexibility index (Phi) is 4.53. The second-order valence-electron chi connectivity index (χ2n) is 7.30. The van der Waals surface area contributed by atoms with Gasteiger partial charge in [0.1, 0.15) is 0 Å². The van der Waals surface area contributed by atoms with E-state index in [1.807, 2.05) is 42.5 Å². The summed E-state index contributed by atoms with van der Waals surface area (Å²) in [5.41, 5.74) is 1.11. The third kappa shape index (κ3) is 3.44. The molecule has 7 heteroatoms. The molecule has 0 aliphatic carbocycles. The fraction of sp³-hybridized carbons (Fsp3) is 0.238. The SMILES string of the molecule is O=S(=O)(O)CC1(Cc2cccc3ccccc23)NCCc2cc(O)c(O)cc21. The van der Waals surface area contributed by atoms with Crippen LogP contribution in [-0.4, -0.2) is 35.5 Å². The molecule has 1 unspecified atom stereocenters. The molecule has 0 amide bonds. The van der Waals surface area contributed by atoms with Gasteiger partial charge in [0.25, 0.3) is 10.1 Å². The van der Waals surface area contributed by atoms with Crippen LogP contribution in [0, 0.1) is 0 Å². The molecule has 1 heterocycles. The van der Waals surface area contributed by atoms with Crippen molar-refractivity contribution in [1.82, 2.24) is 5.32 Å². The van der Waals surface area contributed by atoms with Gasteiger partial charge in [-0.25, -0.2) is 0 Å². The van der Waals surface area contributed by atoms with Gasteiger partial charge in [0.15, 0.2) is 11.5 Å². The van der Waals surface area contributed by atoms with Gasteiger partial charge in [-0.05, 0) is 52.4 Å². The molecule has 6 nitrogen and oxygen atoms in total. The number of hydrogen-bond donors (Lipinski definition) is 4. The fourth-order valence-electron chi connectivity index (χ4n) is 4.22. The van der Waals surface area contributed by atoms with Crippen LogP contribution in [0.4, 0.5) is 0 Å². The van der Waals surface area contributed by atoms with Crippen molar-refractivity contribution in [2.45, 2.75) is 18.4 Å². The molecule has 0 saturated heterocycles. The fourth-order valence-corrected chi connectivity index (χ4v) is 5.21. The normalized spacial score (nSPS) is 19.5. The summed E-state index contributed by atoms with van der Waals surface area (Å²) in [5, 5.41) is 25.2. The molecule has 0 fully saturated rings. The highest BCUT2D eigenvalue weighted by Gasteiger charge is 2.41. The van der Waals surface area contributed by atoms with Crippen LogP contribution in [0.1, 0.15) is 16.7 Å². The van der Waals surface area contributed by atoms with Gasteiger partial charge in [-0.1, -0.05) is 42.5 Å². The molecule has 1 aliphatic heterocycles. The minimum Gasteiger partial charge on any atom is -0.504 e. The van der Waals surface area contributed by atoms with E-state index in [-0.39, 0.29) is 11.5 Å². The number of benzene rings is 3. The topological polar surface area (TPSA) is 107 Å². The average Bonchev–Trinajstić information content (AvgIpc) is 2.63. The molecular formula is C21H21NO5S. The molecule has 3 aromatic rings. The van der Waals surface area contributed by atoms with Crippen molar-refractivity contribution in [3.8, 4) is 11.5 Å². The smallest absolute Gasteiger partial charge is 0.267 e. The highest BCUT2D eigenvalue weighted by Crippen LogP contribution is 2.40. The number of fused-ring (bicyclic) bond motifs is 2. The summed E-state index contributed by atoms with van der Waals surface area (Å²) in [6, 6.07) is 16.5. The van der Waals surface area contributed by atoms with Crippen LogP contribution in [0.3, 0.4) is 0 Å². The number of nitrogens with one attached hydrogen (secondary N) is 1. The third-order valence-corrected chi connectivity index (χ3v) is 6.23. The zero-order valence-electron chi connectivity index (χ0n) is 15.1. The number of phenolic OH excluding ortho intramolecular Hbond substituents is 2. The van der Waals surface area contributed by atoms with E-state index in [1.165, 1.54) is 12.1 Å². The summed E-state index contributed by atoms with van der Waals surface area (Å²) in [7, 11) is -4.33. The molecule has 4 rings (SSSR count). The largest absolute Gasteiger partial charge is 0.504 e. The number of phenols is 2. The van der Waals surface area contributed by atoms with Crippen LogP contribution in [0.25, 0.3) is 10.8 Å². The average molecular weight is 399 g/mol. The molecule has 0 bridgehead atoms. The van der Waals surface area contributed by atoms with E-state index in [1.54, 1.807) is 0 Å². The van der Waals surface area contributed by atoms with Gasteiger partial charge in [0, 0.05) is 6.54 Å². The van der Waals surface area contributed by atoms with E-state index in [0.29, 0.717) is 24.9 Å². The van der Waals surface area contributed by atoms with Crippen molar-refractivity contribution in [2.75, 3.05) is 12.3 Å². The second kappa shape index (κ2) is 6.77. The molecule has 146 valence electrons. The lowest BCUT2D eigenvalue weighted by Crippen LogP contribution is -2.53. The van der Waals surface area contributed by atoms with Crippen LogP contribution in [0.2, 0.25) is 0 Å². The molecule has 28 heavy (non-hydrogen) atoms. The van der Waals surface area contributed by atoms with Gasteiger partial charge in [0.2, 0.25) is 0 Å². The highest BCUT2D eigenvalue weighted by molar-refractivity contribution is 7.85. The number of rotatable bonds is 4. The van der Waals surface area contributed by atoms with E-state index in [0.717, 1.165) is 21.9 Å². The molecule has 0 radical (unpaired) electrons. The van der Waals surface area contributed by atoms with Crippen LogP contribution < -0.4 is 5.32 Å². The van der Waals surface area contributed by atoms with E-state index >= 15 is 0 Å². The monoisotopic (exact) mass is 399 g/mol. The minimum atomic E-state index is -4.33. The van der Waals surface area contributed by atoms with Crippen molar-refractivity contribution in [3.63, 3.8) is 0 Å². The third-order valence-electron chi connectivity index (χ3n) is 5.37. The first-order chi connectivity index (χ1) is 13.3. The molecule has 4 N–H and O–H groups in total. The number of aromatic hydroxyl groups is 2. The van der Waals surface area contributed by atoms with Gasteiger partial charge in [-0.3, -0.25) is 4.55 Å². The zero-order valence-corrected chi connectivity index (χ0v) is 15.9. The highest BCUT2D eigenvalue weighted by atomic mass is 32.2. The summed E-state index contributed by atoms with van der Waals surface area (Å²) in [5.74, 6) is -1.10. The molecule has 0 saturated carbocycles. The summed E-state index contributed by atoms with van der Waals surface area (Å²) >= 11 is 0. The van der Waals surface area contributed by atoms with Crippen molar-refractivity contribution in [2.24, 2.45) is 0 Å². The Bertz CT molecular complexity index is 1150. The first-order valence-electron chi connectivity index (χ1n) is 9.00. The minimum absolute atomic E-state index is 0.244. The van der Waals surface area contributed by atoms with Gasteiger partial charge in [0.05, 0.1) is 11.3 Å². The summed E-state index contributed by atoms with van der Waals surface area (Å²) in [6.07, 6.45) is 0.872. The van der Waals surface area contributed by atoms with Crippen molar-refractivity contribution in [3.05, 3.63) is 71.3 Å². The number of hydrogen-bond acceptors (Lipinski definition) is 5. The predicted octanol–water partition coefficient (Wildman–Crippen LogP) is 2.72. The van der Waals surface area contributed by atoms with E-state index in [4.69, 9.17) is 0 Å². The maximum absolute atomic E-state index is 11.9. The van der Waals surface area contributed by atoms with Crippen LogP contribution in [0.15, 0.2) is 54.6 Å². The van der Waals surface area contributed by atoms with E-state index < -0.39 is 21.4 Å². The summed E-state index contributed by atoms with van der Waals surface area (Å²) in [4.78, 5) is 0. The Labute approximate surface area is 163 Å². The quantitative estimate of drug-likeness (QED) is 0.397. The Balaban J connectivity index is 1.91. The lowest BCUT2D eigenvalue weighted by molar-refractivity contribution is 0.331. The van der Waals surface area contributed by atoms with E-state index in [9.17, 15) is 23.2 Å². The molecule has 0 spiro atoms. The van der Waals surface area contributed by atoms with Gasteiger partial charge in [-0.15, -0.1) is 0 Å². The molecule has 1 atom stereocenters. The maximum atomic E-state index is 11.9. The second-order valence-corrected chi connectivity index (χ2v) is 8.75. The summed E-state index contributed by atoms with van der Waals surface area (Å²) in [6.45, 7) is 0.484. The first-order valence-corrected chi connectivity index (χ1v) is 10.6. The predicted molar refractivity (Wildman–Crippen MR) is 107 cm³/mol. The van der Waals surface area contributed by atoms with E-state index in [2.05, 4.69) is 5.32 Å². The Hall–Kier alpha value is -2.61. The molecule has 3 aromatic carbocycles. The lowest BCUT2D eigenvalue weighted by Gasteiger charge is -2.40. The Morgan fingerprint density at radius 3 is 2.50 bits per heavy atom.